The second-order valence-corrected chi connectivity index (χ2v) is 16.6. The van der Waals surface area contributed by atoms with Crippen LogP contribution in [0.25, 0.3) is 89.3 Å². The van der Waals surface area contributed by atoms with Gasteiger partial charge in [-0.2, -0.15) is 0 Å². The van der Waals surface area contributed by atoms with Crippen LogP contribution < -0.4 is 4.74 Å². The largest absolute Gasteiger partial charge is 0.456 e. The van der Waals surface area contributed by atoms with Crippen molar-refractivity contribution in [1.82, 2.24) is 23.9 Å². The molecule has 0 saturated heterocycles. The molecule has 0 bridgehead atoms. The van der Waals surface area contributed by atoms with E-state index in [1.807, 2.05) is 12.3 Å². The number of nitrogens with zero attached hydrogens (tertiary/aromatic N) is 5. The van der Waals surface area contributed by atoms with E-state index < -0.39 is 0 Å². The maximum Gasteiger partial charge on any atom is 0.220 e. The van der Waals surface area contributed by atoms with Crippen molar-refractivity contribution in [2.75, 3.05) is 0 Å². The van der Waals surface area contributed by atoms with Gasteiger partial charge in [0.1, 0.15) is 17.8 Å². The Balaban J connectivity index is 1.08. The molecule has 3 aromatic heterocycles. The summed E-state index contributed by atoms with van der Waals surface area (Å²) in [7, 11) is 0. The summed E-state index contributed by atoms with van der Waals surface area (Å²) in [5.41, 5.74) is 19.5. The first kappa shape index (κ1) is 34.9. The molecule has 11 rings (SSSR count). The lowest BCUT2D eigenvalue weighted by atomic mass is 9.75. The molecular weight excluding hydrogens is 723 g/mol. The molecule has 6 heteroatoms. The van der Waals surface area contributed by atoms with Gasteiger partial charge in [-0.15, -0.1) is 0 Å². The van der Waals surface area contributed by atoms with Crippen LogP contribution in [0, 0.1) is 13.8 Å². The molecule has 6 nitrogen and oxygen atoms in total. The molecule has 284 valence electrons. The number of ether oxygens (including phenoxy) is 1. The molecule has 0 aliphatic heterocycles. The molecule has 10 aromatic rings. The van der Waals surface area contributed by atoms with Gasteiger partial charge in [-0.1, -0.05) is 112 Å². The van der Waals surface area contributed by atoms with E-state index in [2.05, 4.69) is 188 Å². The van der Waals surface area contributed by atoms with Gasteiger partial charge in [0, 0.05) is 28.6 Å². The molecule has 3 heterocycles. The van der Waals surface area contributed by atoms with Crippen LogP contribution in [0.5, 0.6) is 11.5 Å². The third-order valence-corrected chi connectivity index (χ3v) is 11.9. The first-order valence-corrected chi connectivity index (χ1v) is 20.2. The summed E-state index contributed by atoms with van der Waals surface area (Å²) in [5, 5.41) is 0. The highest BCUT2D eigenvalue weighted by Gasteiger charge is 2.29. The first-order valence-electron chi connectivity index (χ1n) is 20.2. The normalized spacial score (nSPS) is 12.2. The second-order valence-electron chi connectivity index (χ2n) is 16.6. The van der Waals surface area contributed by atoms with Crippen molar-refractivity contribution in [3.63, 3.8) is 0 Å². The standard InChI is InChI=1S/C53H41N5O/c1-32-15-14-20-39(51(32)59-49-26-25-34(27-33(49)2)57-47-23-12-13-24-48(47)58-46-22-11-10-21-45(46)56-52(57)58)42-28-40-37-18-8-9-19-38(37)50-43(30-54-31-55-50)36-17-7-6-16-35(36)41(40)29-44(42)53(3,4)5/h6-31H,1-5H3. The van der Waals surface area contributed by atoms with Crippen molar-refractivity contribution in [3.8, 4) is 73.0 Å². The van der Waals surface area contributed by atoms with Gasteiger partial charge in [-0.25, -0.2) is 15.0 Å². The number of rotatable bonds is 4. The van der Waals surface area contributed by atoms with Gasteiger partial charge in [0.25, 0.3) is 0 Å². The minimum absolute atomic E-state index is 0.191. The monoisotopic (exact) mass is 763 g/mol. The molecule has 0 N–H and O–H groups in total. The van der Waals surface area contributed by atoms with Crippen molar-refractivity contribution < 1.29 is 4.74 Å². The Kier molecular flexibility index (Phi) is 7.76. The predicted octanol–water partition coefficient (Wildman–Crippen LogP) is 13.6. The number of hydrogen-bond acceptors (Lipinski definition) is 4. The molecule has 0 atom stereocenters. The molecule has 7 aromatic carbocycles. The zero-order valence-electron chi connectivity index (χ0n) is 33.7. The van der Waals surface area contributed by atoms with Crippen LogP contribution in [0.2, 0.25) is 0 Å². The van der Waals surface area contributed by atoms with Crippen LogP contribution in [-0.4, -0.2) is 23.9 Å². The Hall–Kier alpha value is -7.31. The fourth-order valence-corrected chi connectivity index (χ4v) is 9.11. The zero-order valence-corrected chi connectivity index (χ0v) is 33.7. The summed E-state index contributed by atoms with van der Waals surface area (Å²) >= 11 is 0. The van der Waals surface area contributed by atoms with Gasteiger partial charge in [-0.05, 0) is 124 Å². The van der Waals surface area contributed by atoms with Crippen LogP contribution in [0.1, 0.15) is 37.5 Å². The molecule has 0 amide bonds. The molecule has 0 radical (unpaired) electrons. The van der Waals surface area contributed by atoms with Gasteiger partial charge < -0.3 is 4.74 Å². The lowest BCUT2D eigenvalue weighted by Gasteiger charge is -2.29. The van der Waals surface area contributed by atoms with E-state index in [1.165, 1.54) is 11.1 Å². The third-order valence-electron chi connectivity index (χ3n) is 11.9. The topological polar surface area (TPSA) is 57.2 Å². The van der Waals surface area contributed by atoms with Gasteiger partial charge in [0.05, 0.1) is 27.8 Å². The molecule has 0 fully saturated rings. The highest BCUT2D eigenvalue weighted by molar-refractivity contribution is 6.03. The number of hydrogen-bond donors (Lipinski definition) is 0. The summed E-state index contributed by atoms with van der Waals surface area (Å²) in [6.07, 6.45) is 3.61. The molecule has 0 unspecified atom stereocenters. The van der Waals surface area contributed by atoms with Crippen molar-refractivity contribution >= 4 is 27.8 Å². The minimum atomic E-state index is -0.191. The summed E-state index contributed by atoms with van der Waals surface area (Å²) in [5.74, 6) is 2.54. The number of aryl methyl sites for hydroxylation is 2. The molecule has 0 saturated carbocycles. The fourth-order valence-electron chi connectivity index (χ4n) is 9.11. The molecule has 1 aliphatic rings. The minimum Gasteiger partial charge on any atom is -0.456 e. The van der Waals surface area contributed by atoms with E-state index in [9.17, 15) is 0 Å². The van der Waals surface area contributed by atoms with E-state index in [1.54, 1.807) is 6.33 Å². The van der Waals surface area contributed by atoms with E-state index in [-0.39, 0.29) is 5.41 Å². The lowest BCUT2D eigenvalue weighted by molar-refractivity contribution is 0.476. The van der Waals surface area contributed by atoms with E-state index in [0.29, 0.717) is 0 Å². The third kappa shape index (κ3) is 5.44. The Bertz CT molecular complexity index is 3330. The maximum atomic E-state index is 7.10. The average Bonchev–Trinajstić information content (AvgIpc) is 3.78. The van der Waals surface area contributed by atoms with Crippen molar-refractivity contribution in [2.24, 2.45) is 0 Å². The van der Waals surface area contributed by atoms with E-state index in [4.69, 9.17) is 14.7 Å². The Morgan fingerprint density at radius 3 is 1.93 bits per heavy atom. The van der Waals surface area contributed by atoms with Crippen LogP contribution in [-0.2, 0) is 5.41 Å². The molecule has 0 spiro atoms. The van der Waals surface area contributed by atoms with Gasteiger partial charge >= 0.3 is 0 Å². The number of para-hydroxylation sites is 5. The van der Waals surface area contributed by atoms with Crippen LogP contribution >= 0.6 is 0 Å². The summed E-state index contributed by atoms with van der Waals surface area (Å²) < 4.78 is 11.6. The molecule has 59 heavy (non-hydrogen) atoms. The number of fused-ring (bicyclic) bond motifs is 13. The summed E-state index contributed by atoms with van der Waals surface area (Å²) in [4.78, 5) is 14.5. The maximum absolute atomic E-state index is 7.10. The van der Waals surface area contributed by atoms with Gasteiger partial charge in [-0.3, -0.25) is 8.97 Å². The van der Waals surface area contributed by atoms with Gasteiger partial charge in [0.2, 0.25) is 5.78 Å². The number of benzene rings is 7. The predicted molar refractivity (Wildman–Crippen MR) is 241 cm³/mol. The number of imidazole rings is 2. The highest BCUT2D eigenvalue weighted by Crippen LogP contribution is 2.51. The first-order chi connectivity index (χ1) is 28.7. The highest BCUT2D eigenvalue weighted by atomic mass is 16.5. The van der Waals surface area contributed by atoms with Crippen LogP contribution in [0.4, 0.5) is 0 Å². The summed E-state index contributed by atoms with van der Waals surface area (Å²) in [6, 6.07) is 51.9. The SMILES string of the molecule is Cc1cc(-n2c3ccccc3n3c4ccccc4nc23)ccc1Oc1c(C)cccc1-c1cc2c(cc1C(C)(C)C)-c1ccccc1-c1cncnc1-c1ccccc1-2. The fraction of sp³-hybridized carbons (Fsp3) is 0.113. The molecule has 1 aliphatic carbocycles. The zero-order chi connectivity index (χ0) is 40.0. The summed E-state index contributed by atoms with van der Waals surface area (Å²) in [6.45, 7) is 11.2. The van der Waals surface area contributed by atoms with Crippen molar-refractivity contribution in [2.45, 2.75) is 40.0 Å². The van der Waals surface area contributed by atoms with Crippen molar-refractivity contribution in [1.29, 1.82) is 0 Å². The molecular formula is C53H41N5O. The van der Waals surface area contributed by atoms with Crippen LogP contribution in [0.3, 0.4) is 0 Å². The van der Waals surface area contributed by atoms with E-state index >= 15 is 0 Å². The van der Waals surface area contributed by atoms with E-state index in [0.717, 1.165) is 106 Å². The Morgan fingerprint density at radius 1 is 0.525 bits per heavy atom. The quantitative estimate of drug-likeness (QED) is 0.179. The Morgan fingerprint density at radius 2 is 1.17 bits per heavy atom. The lowest BCUT2D eigenvalue weighted by Crippen LogP contribution is -2.14. The van der Waals surface area contributed by atoms with Gasteiger partial charge in [0.15, 0.2) is 0 Å². The number of aromatic nitrogens is 5. The Labute approximate surface area is 343 Å². The van der Waals surface area contributed by atoms with Crippen molar-refractivity contribution in [3.05, 3.63) is 175 Å². The van der Waals surface area contributed by atoms with Crippen LogP contribution in [0.15, 0.2) is 158 Å². The second kappa shape index (κ2) is 13.1. The average molecular weight is 764 g/mol. The smallest absolute Gasteiger partial charge is 0.220 e.